The van der Waals surface area contributed by atoms with Gasteiger partial charge in [0.15, 0.2) is 5.82 Å². The Hall–Kier alpha value is -4.11. The number of carbonyl (C=O) groups is 4. The van der Waals surface area contributed by atoms with Gasteiger partial charge in [-0.25, -0.2) is 14.3 Å². The van der Waals surface area contributed by atoms with Crippen molar-refractivity contribution in [2.75, 3.05) is 12.1 Å². The van der Waals surface area contributed by atoms with Crippen molar-refractivity contribution in [2.24, 2.45) is 5.73 Å². The maximum atomic E-state index is 12.8. The number of nitrogens with zero attached hydrogens (tertiary/aromatic N) is 3. The first-order valence-electron chi connectivity index (χ1n) is 12.4. The molecule has 4 rings (SSSR count). The maximum absolute atomic E-state index is 12.8. The molecule has 0 aliphatic heterocycles. The van der Waals surface area contributed by atoms with Crippen LogP contribution in [0.5, 0.6) is 5.75 Å². The summed E-state index contributed by atoms with van der Waals surface area (Å²) in [5.74, 6) is -0.777. The van der Waals surface area contributed by atoms with Crippen molar-refractivity contribution < 1.29 is 72.5 Å². The summed E-state index contributed by atoms with van der Waals surface area (Å²) in [5.41, 5.74) is 8.91. The van der Waals surface area contributed by atoms with E-state index >= 15 is 0 Å². The van der Waals surface area contributed by atoms with Crippen molar-refractivity contribution in [1.82, 2.24) is 19.9 Å². The number of nitrogens with one attached hydrogen (secondary N) is 2. The molecule has 0 fully saturated rings. The van der Waals surface area contributed by atoms with Crippen molar-refractivity contribution in [3.8, 4) is 5.75 Å². The number of hydrogen-bond acceptors (Lipinski definition) is 12. The van der Waals surface area contributed by atoms with Crippen LogP contribution in [0.15, 0.2) is 55.0 Å². The summed E-state index contributed by atoms with van der Waals surface area (Å²) in [6.45, 7) is 4.94. The Morgan fingerprint density at radius 2 is 1.80 bits per heavy atom. The fourth-order valence-electron chi connectivity index (χ4n) is 3.80. The summed E-state index contributed by atoms with van der Waals surface area (Å²) in [7, 11) is -2.79. The summed E-state index contributed by atoms with van der Waals surface area (Å²) in [5, 5.41) is 9.55. The number of imide groups is 1. The van der Waals surface area contributed by atoms with Crippen LogP contribution in [-0.2, 0) is 25.5 Å². The van der Waals surface area contributed by atoms with Gasteiger partial charge in [-0.2, -0.15) is 5.10 Å². The third-order valence-corrected chi connectivity index (χ3v) is 6.17. The first-order chi connectivity index (χ1) is 20.5. The molecule has 0 aliphatic rings. The number of anilines is 2. The van der Waals surface area contributed by atoms with Gasteiger partial charge in [0.25, 0.3) is 5.91 Å². The van der Waals surface area contributed by atoms with Gasteiger partial charge in [0.1, 0.15) is 26.2 Å². The molecule has 0 aliphatic carbocycles. The van der Waals surface area contributed by atoms with Crippen molar-refractivity contribution in [2.45, 2.75) is 27.2 Å². The Morgan fingerprint density at radius 1 is 1.11 bits per heavy atom. The van der Waals surface area contributed by atoms with Gasteiger partial charge < -0.3 is 34.8 Å². The minimum atomic E-state index is -2.79. The number of aromatic nitrogens is 3. The van der Waals surface area contributed by atoms with E-state index in [4.69, 9.17) is 19.2 Å². The van der Waals surface area contributed by atoms with Gasteiger partial charge in [-0.05, 0) is 61.2 Å². The van der Waals surface area contributed by atoms with Crippen LogP contribution in [0.4, 0.5) is 16.3 Å². The first-order valence-corrected chi connectivity index (χ1v) is 13.5. The molecular weight excluding hydrogens is 606 g/mol. The van der Waals surface area contributed by atoms with E-state index in [0.717, 1.165) is 16.8 Å². The number of aryl methyl sites for hydroxylation is 3. The second-order valence-electron chi connectivity index (χ2n) is 8.82. The summed E-state index contributed by atoms with van der Waals surface area (Å²) < 4.78 is 15.8. The molecule has 226 valence electrons. The molecule has 0 saturated carbocycles. The van der Waals surface area contributed by atoms with Crippen LogP contribution in [-0.4, -0.2) is 50.7 Å². The molecule has 2 aromatic heterocycles. The summed E-state index contributed by atoms with van der Waals surface area (Å²) in [6.07, 6.45) is 1.82. The van der Waals surface area contributed by atoms with Crippen LogP contribution < -0.4 is 55.3 Å². The zero-order valence-electron chi connectivity index (χ0n) is 24.3. The zero-order valence-corrected chi connectivity index (χ0v) is 27.2. The number of nitrogens with two attached hydrogens (primary N) is 1. The molecule has 2 aromatic carbocycles. The zero-order chi connectivity index (χ0) is 31.5. The SMILES string of the molecule is Cc1ccc(C)c(Nc2ncnn3cc(C(=O)NC(=O)OCOC(=O)Cc4ccc(OP([O-])O)cc4)c(C)c23)c1.NC=O.[Na+]. The van der Waals surface area contributed by atoms with Gasteiger partial charge in [0.05, 0.1) is 12.0 Å². The van der Waals surface area contributed by atoms with Gasteiger partial charge in [0, 0.05) is 11.9 Å². The van der Waals surface area contributed by atoms with E-state index < -0.39 is 33.4 Å². The predicted octanol–water partition coefficient (Wildman–Crippen LogP) is -0.928. The third-order valence-electron chi connectivity index (χ3n) is 5.80. The molecule has 44 heavy (non-hydrogen) atoms. The van der Waals surface area contributed by atoms with Crippen LogP contribution in [0, 0.1) is 20.8 Å². The molecule has 1 unspecified atom stereocenters. The quantitative estimate of drug-likeness (QED) is 0.0577. The average molecular weight is 635 g/mol. The standard InChI is InChI=1S/C26H25N5O8P.CH3NO.Na/c1-15-4-5-16(2)21(10-15)29-24-23-17(3)20(12-31(23)28-13-27-24)25(33)30-26(34)38-14-37-22(32)11-18-6-8-19(9-7-18)39-40(35)36;2-1-3;/h4-10,12-13,35H,11,14H2,1-3H3,(H,27,28,29)(H,30,33,34);1H,(H2,2,3);/q-1;;+1. The Kier molecular flexibility index (Phi) is 14.1. The molecule has 17 heteroatoms. The summed E-state index contributed by atoms with van der Waals surface area (Å²) >= 11 is 0. The van der Waals surface area contributed by atoms with Crippen LogP contribution in [0.1, 0.15) is 32.6 Å². The number of benzene rings is 2. The Bertz CT molecular complexity index is 1620. The predicted molar refractivity (Wildman–Crippen MR) is 152 cm³/mol. The van der Waals surface area contributed by atoms with E-state index in [0.29, 0.717) is 22.5 Å². The van der Waals surface area contributed by atoms with E-state index in [2.05, 4.69) is 31.0 Å². The van der Waals surface area contributed by atoms with E-state index in [1.165, 1.54) is 41.3 Å². The number of alkyl carbamates (subject to hydrolysis) is 1. The monoisotopic (exact) mass is 634 g/mol. The number of rotatable bonds is 9. The molecule has 2 heterocycles. The Balaban J connectivity index is 0.00000162. The molecular formula is C27H28N6NaO9P. The molecule has 0 saturated heterocycles. The topological polar surface area (TPSA) is 220 Å². The number of hydrogen-bond donors (Lipinski definition) is 4. The minimum Gasteiger partial charge on any atom is -0.776 e. The molecule has 1 atom stereocenters. The normalized spacial score (nSPS) is 10.8. The molecule has 0 radical (unpaired) electrons. The fourth-order valence-corrected chi connectivity index (χ4v) is 4.10. The number of amides is 3. The van der Waals surface area contributed by atoms with E-state index in [-0.39, 0.29) is 53.7 Å². The van der Waals surface area contributed by atoms with Crippen molar-refractivity contribution in [1.29, 1.82) is 0 Å². The molecule has 15 nitrogen and oxygen atoms in total. The Morgan fingerprint density at radius 3 is 2.45 bits per heavy atom. The van der Waals surface area contributed by atoms with Gasteiger partial charge in [0.2, 0.25) is 13.2 Å². The number of esters is 1. The maximum Gasteiger partial charge on any atom is 1.00 e. The molecule has 5 N–H and O–H groups in total. The molecule has 0 spiro atoms. The minimum absolute atomic E-state index is 0. The first kappa shape index (κ1) is 36.1. The van der Waals surface area contributed by atoms with Gasteiger partial charge in [-0.1, -0.05) is 24.3 Å². The number of carbonyl (C=O) groups excluding carboxylic acids is 4. The summed E-state index contributed by atoms with van der Waals surface area (Å²) in [6, 6.07) is 11.8. The van der Waals surface area contributed by atoms with Gasteiger partial charge in [-0.15, -0.1) is 0 Å². The number of fused-ring (bicyclic) bond motifs is 1. The Labute approximate surface area is 275 Å². The summed E-state index contributed by atoms with van der Waals surface area (Å²) in [4.78, 5) is 69.3. The average Bonchev–Trinajstić information content (AvgIpc) is 3.29. The van der Waals surface area contributed by atoms with E-state index in [1.54, 1.807) is 6.92 Å². The van der Waals surface area contributed by atoms with Crippen molar-refractivity contribution >= 4 is 50.0 Å². The third kappa shape index (κ3) is 10.3. The molecule has 4 aromatic rings. The number of primary amides is 1. The largest absolute Gasteiger partial charge is 1.00 e. The van der Waals surface area contributed by atoms with Crippen LogP contribution in [0.25, 0.3) is 5.52 Å². The van der Waals surface area contributed by atoms with Gasteiger partial charge >= 0.3 is 41.6 Å². The number of ether oxygens (including phenoxy) is 2. The molecule has 0 bridgehead atoms. The second kappa shape index (κ2) is 17.3. The molecule has 3 amide bonds. The van der Waals surface area contributed by atoms with Gasteiger partial charge in [-0.3, -0.25) is 19.7 Å². The second-order valence-corrected chi connectivity index (χ2v) is 9.48. The van der Waals surface area contributed by atoms with Crippen molar-refractivity contribution in [3.05, 3.63) is 82.8 Å². The van der Waals surface area contributed by atoms with Crippen LogP contribution >= 0.6 is 8.60 Å². The fraction of sp³-hybridized carbons (Fsp3) is 0.185. The van der Waals surface area contributed by atoms with E-state index in [1.807, 2.05) is 32.0 Å². The van der Waals surface area contributed by atoms with Crippen LogP contribution in [0.2, 0.25) is 0 Å². The van der Waals surface area contributed by atoms with E-state index in [9.17, 15) is 19.3 Å². The van der Waals surface area contributed by atoms with Crippen molar-refractivity contribution in [3.63, 3.8) is 0 Å². The van der Waals surface area contributed by atoms with Crippen LogP contribution in [0.3, 0.4) is 0 Å². The smallest absolute Gasteiger partial charge is 0.776 e.